The van der Waals surface area contributed by atoms with E-state index in [9.17, 15) is 4.79 Å². The van der Waals surface area contributed by atoms with Gasteiger partial charge in [0.2, 0.25) is 0 Å². The minimum atomic E-state index is 0.0723. The third-order valence-corrected chi connectivity index (χ3v) is 6.72. The lowest BCUT2D eigenvalue weighted by Crippen LogP contribution is -2.45. The highest BCUT2D eigenvalue weighted by atomic mass is 16.2. The van der Waals surface area contributed by atoms with Crippen LogP contribution in [0.5, 0.6) is 0 Å². The first-order valence-corrected chi connectivity index (χ1v) is 10.7. The van der Waals surface area contributed by atoms with Gasteiger partial charge in [-0.25, -0.2) is 4.79 Å². The van der Waals surface area contributed by atoms with E-state index in [1.165, 1.54) is 27.6 Å². The number of likely N-dealkylation sites (tertiary alicyclic amines) is 1. The van der Waals surface area contributed by atoms with Gasteiger partial charge in [-0.3, -0.25) is 4.68 Å². The van der Waals surface area contributed by atoms with Crippen LogP contribution in [-0.2, 0) is 13.5 Å². The number of carbonyl (C=O) groups is 1. The first kappa shape index (κ1) is 18.2. The Morgan fingerprint density at radius 1 is 1.03 bits per heavy atom. The second kappa shape index (κ2) is 7.54. The summed E-state index contributed by atoms with van der Waals surface area (Å²) in [5, 5.41) is 10.3. The third kappa shape index (κ3) is 3.39. The summed E-state index contributed by atoms with van der Waals surface area (Å²) in [4.78, 5) is 14.9. The SMILES string of the molecule is Cn1ncc2c1CCCC2NC(=O)N1CCC(c2cccc3ccccc23)CC1. The molecule has 29 heavy (non-hydrogen) atoms. The van der Waals surface area contributed by atoms with Crippen molar-refractivity contribution in [3.63, 3.8) is 0 Å². The van der Waals surface area contributed by atoms with Crippen molar-refractivity contribution in [2.45, 2.75) is 44.1 Å². The van der Waals surface area contributed by atoms with Crippen LogP contribution in [0.25, 0.3) is 10.8 Å². The fourth-order valence-corrected chi connectivity index (χ4v) is 5.10. The Balaban J connectivity index is 1.25. The highest BCUT2D eigenvalue weighted by Gasteiger charge is 2.29. The summed E-state index contributed by atoms with van der Waals surface area (Å²) >= 11 is 0. The van der Waals surface area contributed by atoms with Crippen LogP contribution in [0.1, 0.15) is 54.5 Å². The number of hydrogen-bond acceptors (Lipinski definition) is 2. The molecule has 1 fully saturated rings. The van der Waals surface area contributed by atoms with E-state index >= 15 is 0 Å². The van der Waals surface area contributed by atoms with E-state index in [1.807, 2.05) is 22.8 Å². The number of nitrogens with one attached hydrogen (secondary N) is 1. The number of rotatable bonds is 2. The van der Waals surface area contributed by atoms with Crippen LogP contribution in [-0.4, -0.2) is 33.8 Å². The van der Waals surface area contributed by atoms with Crippen molar-refractivity contribution in [1.82, 2.24) is 20.0 Å². The smallest absolute Gasteiger partial charge is 0.317 e. The first-order chi connectivity index (χ1) is 14.2. The van der Waals surface area contributed by atoms with Crippen LogP contribution in [0, 0.1) is 0 Å². The van der Waals surface area contributed by atoms with E-state index in [2.05, 4.69) is 52.9 Å². The molecule has 150 valence electrons. The second-order valence-electron chi connectivity index (χ2n) is 8.39. The molecule has 5 nitrogen and oxygen atoms in total. The van der Waals surface area contributed by atoms with E-state index in [1.54, 1.807) is 0 Å². The maximum Gasteiger partial charge on any atom is 0.317 e. The van der Waals surface area contributed by atoms with Gasteiger partial charge in [0.15, 0.2) is 0 Å². The molecule has 2 aliphatic rings. The van der Waals surface area contributed by atoms with Gasteiger partial charge in [-0.05, 0) is 54.4 Å². The van der Waals surface area contributed by atoms with Gasteiger partial charge >= 0.3 is 6.03 Å². The molecule has 2 amide bonds. The van der Waals surface area contributed by atoms with Gasteiger partial charge in [0.1, 0.15) is 0 Å². The summed E-state index contributed by atoms with van der Waals surface area (Å²) in [6, 6.07) is 15.4. The fourth-order valence-electron chi connectivity index (χ4n) is 5.10. The largest absolute Gasteiger partial charge is 0.331 e. The molecule has 0 spiro atoms. The van der Waals surface area contributed by atoms with Crippen molar-refractivity contribution in [3.05, 3.63) is 65.5 Å². The van der Waals surface area contributed by atoms with Crippen LogP contribution in [0.4, 0.5) is 4.79 Å². The zero-order valence-electron chi connectivity index (χ0n) is 17.0. The number of amides is 2. The molecule has 0 bridgehead atoms. The zero-order chi connectivity index (χ0) is 19.8. The van der Waals surface area contributed by atoms with Crippen molar-refractivity contribution >= 4 is 16.8 Å². The van der Waals surface area contributed by atoms with E-state index in [0.717, 1.165) is 45.2 Å². The van der Waals surface area contributed by atoms with Crippen molar-refractivity contribution in [1.29, 1.82) is 0 Å². The lowest BCUT2D eigenvalue weighted by atomic mass is 9.86. The number of benzene rings is 2. The van der Waals surface area contributed by atoms with Gasteiger partial charge in [-0.1, -0.05) is 42.5 Å². The molecule has 1 aliphatic heterocycles. The maximum absolute atomic E-state index is 12.9. The van der Waals surface area contributed by atoms with E-state index < -0.39 is 0 Å². The molecule has 5 heteroatoms. The monoisotopic (exact) mass is 388 g/mol. The zero-order valence-corrected chi connectivity index (χ0v) is 17.0. The van der Waals surface area contributed by atoms with Gasteiger partial charge in [0.25, 0.3) is 0 Å². The fraction of sp³-hybridized carbons (Fsp3) is 0.417. The number of fused-ring (bicyclic) bond motifs is 2. The molecular formula is C24H28N4O. The minimum absolute atomic E-state index is 0.0723. The summed E-state index contributed by atoms with van der Waals surface area (Å²) in [6.45, 7) is 1.62. The first-order valence-electron chi connectivity index (χ1n) is 10.7. The van der Waals surface area contributed by atoms with Crippen LogP contribution < -0.4 is 5.32 Å². The molecule has 0 saturated carbocycles. The molecule has 1 unspecified atom stereocenters. The molecule has 1 aromatic heterocycles. The van der Waals surface area contributed by atoms with Gasteiger partial charge < -0.3 is 10.2 Å². The van der Waals surface area contributed by atoms with Crippen LogP contribution in [0.2, 0.25) is 0 Å². The van der Waals surface area contributed by atoms with E-state index in [-0.39, 0.29) is 12.1 Å². The number of hydrogen-bond donors (Lipinski definition) is 1. The standard InChI is InChI=1S/C24H28N4O/c1-27-23-11-5-10-22(21(23)16-25-27)26-24(29)28-14-12-18(13-15-28)20-9-4-7-17-6-2-3-8-19(17)20/h2-4,6-9,16,18,22H,5,10-15H2,1H3,(H,26,29). The molecule has 2 aromatic carbocycles. The van der Waals surface area contributed by atoms with Crippen molar-refractivity contribution < 1.29 is 4.79 Å². The number of aromatic nitrogens is 2. The maximum atomic E-state index is 12.9. The Morgan fingerprint density at radius 3 is 2.69 bits per heavy atom. The summed E-state index contributed by atoms with van der Waals surface area (Å²) < 4.78 is 1.95. The number of piperidine rings is 1. The van der Waals surface area contributed by atoms with Crippen LogP contribution in [0.3, 0.4) is 0 Å². The highest BCUT2D eigenvalue weighted by molar-refractivity contribution is 5.86. The molecule has 1 N–H and O–H groups in total. The number of urea groups is 1. The average molecular weight is 389 g/mol. The van der Waals surface area contributed by atoms with E-state index in [0.29, 0.717) is 5.92 Å². The summed E-state index contributed by atoms with van der Waals surface area (Å²) in [5.74, 6) is 0.518. The van der Waals surface area contributed by atoms with Gasteiger partial charge in [0.05, 0.1) is 12.2 Å². The van der Waals surface area contributed by atoms with Crippen LogP contribution >= 0.6 is 0 Å². The number of nitrogens with zero attached hydrogens (tertiary/aromatic N) is 3. The molecule has 3 aromatic rings. The predicted octanol–water partition coefficient (Wildman–Crippen LogP) is 4.54. The topological polar surface area (TPSA) is 50.2 Å². The number of carbonyl (C=O) groups excluding carboxylic acids is 1. The normalized spacial score (nSPS) is 19.9. The lowest BCUT2D eigenvalue weighted by Gasteiger charge is -2.34. The predicted molar refractivity (Wildman–Crippen MR) is 115 cm³/mol. The van der Waals surface area contributed by atoms with E-state index in [4.69, 9.17) is 0 Å². The molecule has 0 radical (unpaired) electrons. The Kier molecular flexibility index (Phi) is 4.74. The third-order valence-electron chi connectivity index (χ3n) is 6.72. The summed E-state index contributed by atoms with van der Waals surface area (Å²) in [7, 11) is 1.99. The molecule has 1 saturated heterocycles. The summed E-state index contributed by atoms with van der Waals surface area (Å²) in [5.41, 5.74) is 3.88. The van der Waals surface area contributed by atoms with Crippen molar-refractivity contribution in [2.75, 3.05) is 13.1 Å². The Morgan fingerprint density at radius 2 is 1.83 bits per heavy atom. The second-order valence-corrected chi connectivity index (χ2v) is 8.39. The Labute approximate surface area is 171 Å². The molecule has 1 aliphatic carbocycles. The Bertz CT molecular complexity index is 1030. The summed E-state index contributed by atoms with van der Waals surface area (Å²) in [6.07, 6.45) is 7.10. The van der Waals surface area contributed by atoms with Gasteiger partial charge in [-0.15, -0.1) is 0 Å². The van der Waals surface area contributed by atoms with Crippen LogP contribution in [0.15, 0.2) is 48.7 Å². The van der Waals surface area contributed by atoms with Gasteiger partial charge in [-0.2, -0.15) is 5.10 Å². The Hall–Kier alpha value is -2.82. The number of aryl methyl sites for hydroxylation is 1. The average Bonchev–Trinajstić information content (AvgIpc) is 3.15. The highest BCUT2D eigenvalue weighted by Crippen LogP contribution is 2.34. The van der Waals surface area contributed by atoms with Crippen molar-refractivity contribution in [2.24, 2.45) is 7.05 Å². The van der Waals surface area contributed by atoms with Crippen molar-refractivity contribution in [3.8, 4) is 0 Å². The molecule has 5 rings (SSSR count). The van der Waals surface area contributed by atoms with Gasteiger partial charge in [0, 0.05) is 31.4 Å². The molecule has 2 heterocycles. The molecule has 1 atom stereocenters. The lowest BCUT2D eigenvalue weighted by molar-refractivity contribution is 0.176. The molecular weight excluding hydrogens is 360 g/mol. The quantitative estimate of drug-likeness (QED) is 0.701. The minimum Gasteiger partial charge on any atom is -0.331 e.